The summed E-state index contributed by atoms with van der Waals surface area (Å²) >= 11 is 13.5. The van der Waals surface area contributed by atoms with Gasteiger partial charge in [-0.15, -0.1) is 5.10 Å². The largest absolute Gasteiger partial charge is 0.455 e. The Balaban J connectivity index is 1.60. The minimum Gasteiger partial charge on any atom is -0.455 e. The molecule has 31 heavy (non-hydrogen) atoms. The fourth-order valence-corrected chi connectivity index (χ4v) is 4.00. The lowest BCUT2D eigenvalue weighted by Gasteiger charge is -2.16. The highest BCUT2D eigenvalue weighted by molar-refractivity contribution is 7.98. The number of hydrogen-bond acceptors (Lipinski definition) is 7. The van der Waals surface area contributed by atoms with Crippen LogP contribution in [0.25, 0.3) is 5.78 Å². The molecule has 1 atom stereocenters. The van der Waals surface area contributed by atoms with Gasteiger partial charge in [0, 0.05) is 27.0 Å². The number of halogens is 2. The lowest BCUT2D eigenvalue weighted by Crippen LogP contribution is -2.31. The summed E-state index contributed by atoms with van der Waals surface area (Å²) in [5.41, 5.74) is 2.82. The number of amides is 1. The lowest BCUT2D eigenvalue weighted by atomic mass is 10.1. The summed E-state index contributed by atoms with van der Waals surface area (Å²) in [6.07, 6.45) is 1.85. The molecule has 1 amide bonds. The second-order valence-corrected chi connectivity index (χ2v) is 8.48. The van der Waals surface area contributed by atoms with Gasteiger partial charge in [-0.05, 0) is 44.7 Å². The molecule has 0 bridgehead atoms. The predicted molar refractivity (Wildman–Crippen MR) is 120 cm³/mol. The molecular weight excluding hydrogens is 461 g/mol. The van der Waals surface area contributed by atoms with Crippen LogP contribution in [0.1, 0.15) is 35.5 Å². The smallest absolute Gasteiger partial charge is 0.310 e. The van der Waals surface area contributed by atoms with Gasteiger partial charge in [0.05, 0.1) is 12.5 Å². The zero-order valence-electron chi connectivity index (χ0n) is 17.4. The number of thioether (sulfide) groups is 1. The first-order chi connectivity index (χ1) is 14.7. The third-order valence-electron chi connectivity index (χ3n) is 4.70. The standard InChI is InChI=1S/C20H21Cl2N5O3S/c1-10(14-6-5-13(21)7-16(14)22)23-17(28)9-30-18(29)8-15-11(2)24-19-25-20(31-4)26-27(19)12(15)3/h5-7,10H,8-9H2,1-4H3,(H,23,28). The first-order valence-corrected chi connectivity index (χ1v) is 11.3. The highest BCUT2D eigenvalue weighted by Crippen LogP contribution is 2.26. The van der Waals surface area contributed by atoms with E-state index in [4.69, 9.17) is 27.9 Å². The van der Waals surface area contributed by atoms with Crippen LogP contribution in [0, 0.1) is 13.8 Å². The van der Waals surface area contributed by atoms with Crippen LogP contribution in [0.5, 0.6) is 0 Å². The monoisotopic (exact) mass is 481 g/mol. The van der Waals surface area contributed by atoms with E-state index in [0.29, 0.717) is 37.8 Å². The van der Waals surface area contributed by atoms with Crippen molar-refractivity contribution >= 4 is 52.6 Å². The minimum absolute atomic E-state index is 0.0269. The van der Waals surface area contributed by atoms with Crippen LogP contribution in [0.2, 0.25) is 10.0 Å². The Bertz CT molecular complexity index is 1150. The number of rotatable bonds is 7. The van der Waals surface area contributed by atoms with Crippen molar-refractivity contribution in [1.29, 1.82) is 0 Å². The summed E-state index contributed by atoms with van der Waals surface area (Å²) in [6.45, 7) is 5.02. The Morgan fingerprint density at radius 1 is 1.26 bits per heavy atom. The quantitative estimate of drug-likeness (QED) is 0.405. The number of carbonyl (C=O) groups is 2. The molecule has 1 aromatic carbocycles. The average molecular weight is 482 g/mol. The van der Waals surface area contributed by atoms with Crippen molar-refractivity contribution in [1.82, 2.24) is 24.9 Å². The zero-order chi connectivity index (χ0) is 22.7. The molecular formula is C20H21Cl2N5O3S. The fraction of sp³-hybridized carbons (Fsp3) is 0.350. The number of carbonyl (C=O) groups excluding carboxylic acids is 2. The number of benzene rings is 1. The van der Waals surface area contributed by atoms with E-state index in [-0.39, 0.29) is 12.5 Å². The van der Waals surface area contributed by atoms with Crippen molar-refractivity contribution in [2.75, 3.05) is 12.9 Å². The van der Waals surface area contributed by atoms with Crippen LogP contribution in [0.15, 0.2) is 23.4 Å². The van der Waals surface area contributed by atoms with Crippen molar-refractivity contribution in [3.05, 3.63) is 50.8 Å². The molecule has 11 heteroatoms. The van der Waals surface area contributed by atoms with Crippen LogP contribution in [0.3, 0.4) is 0 Å². The lowest BCUT2D eigenvalue weighted by molar-refractivity contribution is -0.148. The number of hydrogen-bond donors (Lipinski definition) is 1. The van der Waals surface area contributed by atoms with Crippen molar-refractivity contribution in [2.24, 2.45) is 0 Å². The van der Waals surface area contributed by atoms with Gasteiger partial charge in [-0.2, -0.15) is 4.98 Å². The molecule has 1 unspecified atom stereocenters. The van der Waals surface area contributed by atoms with Gasteiger partial charge in [-0.3, -0.25) is 9.59 Å². The number of fused-ring (bicyclic) bond motifs is 1. The van der Waals surface area contributed by atoms with E-state index >= 15 is 0 Å². The highest BCUT2D eigenvalue weighted by Gasteiger charge is 2.18. The summed E-state index contributed by atoms with van der Waals surface area (Å²) < 4.78 is 6.76. The predicted octanol–water partition coefficient (Wildman–Crippen LogP) is 3.73. The fourth-order valence-electron chi connectivity index (χ4n) is 3.09. The Morgan fingerprint density at radius 3 is 2.68 bits per heavy atom. The molecule has 0 aliphatic heterocycles. The Labute approximate surface area is 193 Å². The first-order valence-electron chi connectivity index (χ1n) is 9.36. The summed E-state index contributed by atoms with van der Waals surface area (Å²) in [5, 5.41) is 8.67. The normalized spacial score (nSPS) is 12.1. The zero-order valence-corrected chi connectivity index (χ0v) is 19.7. The number of esters is 1. The van der Waals surface area contributed by atoms with Gasteiger partial charge in [-0.1, -0.05) is 41.0 Å². The Kier molecular flexibility index (Phi) is 7.40. The molecule has 3 rings (SSSR count). The van der Waals surface area contributed by atoms with Crippen LogP contribution >= 0.6 is 35.0 Å². The van der Waals surface area contributed by atoms with Crippen LogP contribution < -0.4 is 5.32 Å². The van der Waals surface area contributed by atoms with Crippen molar-refractivity contribution < 1.29 is 14.3 Å². The van der Waals surface area contributed by atoms with Gasteiger partial charge >= 0.3 is 5.97 Å². The Hall–Kier alpha value is -2.36. The third-order valence-corrected chi connectivity index (χ3v) is 5.80. The van der Waals surface area contributed by atoms with E-state index in [1.165, 1.54) is 11.8 Å². The van der Waals surface area contributed by atoms with Crippen molar-refractivity contribution in [3.63, 3.8) is 0 Å². The molecule has 164 valence electrons. The molecule has 3 aromatic rings. The molecule has 0 saturated heterocycles. The Morgan fingerprint density at radius 2 is 2.00 bits per heavy atom. The maximum absolute atomic E-state index is 12.4. The van der Waals surface area contributed by atoms with E-state index in [1.54, 1.807) is 36.6 Å². The van der Waals surface area contributed by atoms with E-state index in [0.717, 1.165) is 5.69 Å². The van der Waals surface area contributed by atoms with Gasteiger partial charge in [0.25, 0.3) is 11.7 Å². The third kappa shape index (κ3) is 5.47. The molecule has 0 aliphatic carbocycles. The second-order valence-electron chi connectivity index (χ2n) is 6.86. The summed E-state index contributed by atoms with van der Waals surface area (Å²) in [6, 6.07) is 4.67. The van der Waals surface area contributed by atoms with Gasteiger partial charge in [-0.25, -0.2) is 9.50 Å². The van der Waals surface area contributed by atoms with E-state index < -0.39 is 18.5 Å². The molecule has 8 nitrogen and oxygen atoms in total. The topological polar surface area (TPSA) is 98.5 Å². The van der Waals surface area contributed by atoms with E-state index in [1.807, 2.05) is 13.2 Å². The molecule has 2 heterocycles. The van der Waals surface area contributed by atoms with Gasteiger partial charge in [0.1, 0.15) is 0 Å². The highest BCUT2D eigenvalue weighted by atomic mass is 35.5. The molecule has 0 aliphatic rings. The van der Waals surface area contributed by atoms with E-state index in [2.05, 4.69) is 20.4 Å². The first kappa shape index (κ1) is 23.3. The molecule has 0 radical (unpaired) electrons. The van der Waals surface area contributed by atoms with Crippen LogP contribution in [-0.4, -0.2) is 44.3 Å². The van der Waals surface area contributed by atoms with Crippen molar-refractivity contribution in [2.45, 2.75) is 38.4 Å². The maximum Gasteiger partial charge on any atom is 0.310 e. The second kappa shape index (κ2) is 9.84. The summed E-state index contributed by atoms with van der Waals surface area (Å²) in [5.74, 6) is -0.495. The number of aromatic nitrogens is 4. The number of nitrogens with one attached hydrogen (secondary N) is 1. The summed E-state index contributed by atoms with van der Waals surface area (Å²) in [7, 11) is 0. The molecule has 0 saturated carbocycles. The van der Waals surface area contributed by atoms with E-state index in [9.17, 15) is 9.59 Å². The number of ether oxygens (including phenoxy) is 1. The molecule has 2 aromatic heterocycles. The molecule has 0 fully saturated rings. The summed E-state index contributed by atoms with van der Waals surface area (Å²) in [4.78, 5) is 33.3. The van der Waals surface area contributed by atoms with Gasteiger partial charge < -0.3 is 10.1 Å². The van der Waals surface area contributed by atoms with Crippen LogP contribution in [-0.2, 0) is 20.7 Å². The van der Waals surface area contributed by atoms with Gasteiger partial charge in [0.2, 0.25) is 5.16 Å². The SMILES string of the molecule is CSc1nc2nc(C)c(CC(=O)OCC(=O)NC(C)c3ccc(Cl)cc3Cl)c(C)n2n1. The van der Waals surface area contributed by atoms with Crippen LogP contribution in [0.4, 0.5) is 0 Å². The molecule has 1 N–H and O–H groups in total. The van der Waals surface area contributed by atoms with Gasteiger partial charge in [0.15, 0.2) is 6.61 Å². The number of aryl methyl sites for hydroxylation is 2. The number of nitrogens with zero attached hydrogens (tertiary/aromatic N) is 4. The average Bonchev–Trinajstić information content (AvgIpc) is 3.12. The maximum atomic E-state index is 12.4. The minimum atomic E-state index is -0.537. The van der Waals surface area contributed by atoms with Crippen molar-refractivity contribution in [3.8, 4) is 0 Å². The molecule has 0 spiro atoms.